The molecule has 2 aromatic carbocycles. The molecular weight excluding hydrogens is 892 g/mol. The Morgan fingerprint density at radius 1 is 0.621 bits per heavy atom. The summed E-state index contributed by atoms with van der Waals surface area (Å²) in [5.41, 5.74) is 8.73. The number of nitrogens with zero attached hydrogens (tertiary/aromatic N) is 3. The molecule has 0 aliphatic carbocycles. The number of thioether (sulfide) groups is 1. The van der Waals surface area contributed by atoms with Crippen LogP contribution in [0.15, 0.2) is 65.8 Å². The second-order valence-electron chi connectivity index (χ2n) is 13.7. The molecule has 0 fully saturated rings. The van der Waals surface area contributed by atoms with Gasteiger partial charge in [-0.2, -0.15) is 0 Å². The lowest BCUT2D eigenvalue weighted by atomic mass is 10.1. The fourth-order valence-electron chi connectivity index (χ4n) is 5.19. The van der Waals surface area contributed by atoms with Crippen LogP contribution in [0.4, 0.5) is 0 Å². The van der Waals surface area contributed by atoms with Gasteiger partial charge in [-0.3, -0.25) is 19.2 Å². The number of hydrogen-bond acceptors (Lipinski definition) is 16. The first kappa shape index (κ1) is 64.7. The SMILES string of the molecule is C.CN[C@@H](CCN=[N+]=[N-])C(C)=O.CN[C@@H](CCNC(=O)CCOCCOCCOCCOC)C(C)=O.COCCOCCOCCOCCC(=O)SCP(c1ccccc1)c1ccccc1. The quantitative estimate of drug-likeness (QED) is 0.0273. The number of methoxy groups -OCH3 is 2. The van der Waals surface area contributed by atoms with Crippen molar-refractivity contribution < 1.29 is 57.1 Å². The van der Waals surface area contributed by atoms with Crippen LogP contribution in [0, 0.1) is 0 Å². The summed E-state index contributed by atoms with van der Waals surface area (Å²) >= 11 is 1.41. The summed E-state index contributed by atoms with van der Waals surface area (Å²) in [7, 11) is 6.16. The number of likely N-dealkylation sites (N-methyl/N-ethyl adjacent to an activating group) is 2. The molecule has 1 amide bonds. The summed E-state index contributed by atoms with van der Waals surface area (Å²) in [6, 6.07) is 20.5. The summed E-state index contributed by atoms with van der Waals surface area (Å²) in [5, 5.41) is 14.6. The highest BCUT2D eigenvalue weighted by Gasteiger charge is 2.16. The van der Waals surface area contributed by atoms with Gasteiger partial charge in [-0.1, -0.05) is 85.0 Å². The van der Waals surface area contributed by atoms with Crippen LogP contribution in [0.5, 0.6) is 0 Å². The second kappa shape index (κ2) is 48.1. The zero-order valence-electron chi connectivity index (χ0n) is 39.4. The zero-order chi connectivity index (χ0) is 48.0. The molecule has 0 bridgehead atoms. The largest absolute Gasteiger partial charge is 0.382 e. The van der Waals surface area contributed by atoms with Crippen LogP contribution in [0.2, 0.25) is 0 Å². The highest BCUT2D eigenvalue weighted by molar-refractivity contribution is 8.18. The third-order valence-electron chi connectivity index (χ3n) is 8.78. The monoisotopic (exact) mass is 971 g/mol. The summed E-state index contributed by atoms with van der Waals surface area (Å²) < 4.78 is 41.9. The van der Waals surface area contributed by atoms with Crippen LogP contribution in [-0.4, -0.2) is 174 Å². The highest BCUT2D eigenvalue weighted by atomic mass is 32.2. The van der Waals surface area contributed by atoms with Gasteiger partial charge < -0.3 is 53.8 Å². The Bertz CT molecular complexity index is 1480. The van der Waals surface area contributed by atoms with Crippen molar-refractivity contribution in [1.82, 2.24) is 16.0 Å². The number of ketones is 2. The van der Waals surface area contributed by atoms with Crippen molar-refractivity contribution in [3.05, 3.63) is 71.1 Å². The Morgan fingerprint density at radius 3 is 1.41 bits per heavy atom. The molecule has 0 saturated heterocycles. The Hall–Kier alpha value is -3.39. The van der Waals surface area contributed by atoms with Gasteiger partial charge in [0.2, 0.25) is 5.91 Å². The lowest BCUT2D eigenvalue weighted by Crippen LogP contribution is -2.37. The number of ether oxygens (including phenoxy) is 8. The molecule has 0 radical (unpaired) electrons. The van der Waals surface area contributed by atoms with E-state index in [0.29, 0.717) is 131 Å². The molecule has 0 saturated carbocycles. The predicted octanol–water partition coefficient (Wildman–Crippen LogP) is 4.68. The Balaban J connectivity index is 0. The lowest BCUT2D eigenvalue weighted by molar-refractivity contribution is -0.123. The highest BCUT2D eigenvalue weighted by Crippen LogP contribution is 2.37. The molecular formula is C46H79N6O12PS. The Labute approximate surface area is 399 Å². The van der Waals surface area contributed by atoms with E-state index < -0.39 is 7.92 Å². The van der Waals surface area contributed by atoms with E-state index in [4.69, 9.17) is 43.4 Å². The van der Waals surface area contributed by atoms with Gasteiger partial charge in [-0.15, -0.1) is 0 Å². The van der Waals surface area contributed by atoms with E-state index in [2.05, 4.69) is 74.5 Å². The van der Waals surface area contributed by atoms with Gasteiger partial charge in [-0.25, -0.2) is 0 Å². The molecule has 0 heterocycles. The van der Waals surface area contributed by atoms with E-state index in [1.54, 1.807) is 28.3 Å². The second-order valence-corrected chi connectivity index (χ2v) is 17.4. The number of hydrogen-bond donors (Lipinski definition) is 3. The van der Waals surface area contributed by atoms with Crippen LogP contribution >= 0.6 is 19.7 Å². The van der Waals surface area contributed by atoms with Crippen LogP contribution in [0.3, 0.4) is 0 Å². The fourth-order valence-corrected chi connectivity index (χ4v) is 9.06. The third kappa shape index (κ3) is 38.7. The van der Waals surface area contributed by atoms with Crippen molar-refractivity contribution in [1.29, 1.82) is 0 Å². The van der Waals surface area contributed by atoms with Crippen LogP contribution in [-0.2, 0) is 57.1 Å². The van der Waals surface area contributed by atoms with E-state index in [1.807, 2.05) is 12.1 Å². The van der Waals surface area contributed by atoms with Gasteiger partial charge >= 0.3 is 0 Å². The van der Waals surface area contributed by atoms with Crippen molar-refractivity contribution >= 4 is 52.9 Å². The first-order valence-corrected chi connectivity index (χ1v) is 24.3. The molecule has 0 aromatic heterocycles. The summed E-state index contributed by atoms with van der Waals surface area (Å²) in [5.74, 6) is 0.0562. The van der Waals surface area contributed by atoms with Crippen LogP contribution in [0.25, 0.3) is 10.4 Å². The van der Waals surface area contributed by atoms with Gasteiger partial charge in [0.05, 0.1) is 105 Å². The standard InChI is InChI=1S/C23H31O5PS.C16H32N2O6.C6H12N4O.CH4/c1-25-14-15-27-18-19-28-17-16-26-13-12-23(24)30-20-29(21-8-4-2-5-9-21)22-10-6-3-7-11-22;1-14(19)15(17-2)4-6-18-16(20)5-7-22-10-11-24-13-12-23-9-8-21-3;1-5(11)6(8-2)3-4-9-10-7;/h2-11H,12-20H2,1H3;15,17H,4-13H2,1-3H3,(H,18,20);6,8H,3-4H2,1-2H3;1H4/t;15-;6-;/m.00./s1. The maximum Gasteiger partial charge on any atom is 0.222 e. The number of Topliss-reactive ketones (excluding diaryl/α,β-unsaturated/α-hetero) is 2. The molecule has 0 spiro atoms. The maximum absolute atomic E-state index is 12.3. The first-order valence-electron chi connectivity index (χ1n) is 21.8. The molecule has 2 atom stereocenters. The number of benzene rings is 2. The molecule has 0 unspecified atom stereocenters. The van der Waals surface area contributed by atoms with Gasteiger partial charge in [-0.05, 0) is 64.8 Å². The zero-order valence-corrected chi connectivity index (χ0v) is 41.1. The minimum Gasteiger partial charge on any atom is -0.382 e. The Kier molecular flexibility index (Phi) is 47.1. The normalized spacial score (nSPS) is 11.4. The molecule has 20 heteroatoms. The fraction of sp³-hybridized carbons (Fsp3) is 0.652. The number of carbonyl (C=O) groups is 4. The minimum absolute atomic E-state index is 0. The summed E-state index contributed by atoms with van der Waals surface area (Å²) in [4.78, 5) is 48.5. The van der Waals surface area contributed by atoms with E-state index in [9.17, 15) is 19.2 Å². The number of amides is 1. The number of carbonyl (C=O) groups excluding carboxylic acids is 4. The number of azide groups is 1. The smallest absolute Gasteiger partial charge is 0.222 e. The van der Waals surface area contributed by atoms with E-state index >= 15 is 0 Å². The molecule has 2 rings (SSSR count). The first-order chi connectivity index (χ1) is 31.6. The average Bonchev–Trinajstić information content (AvgIpc) is 3.31. The van der Waals surface area contributed by atoms with Crippen LogP contribution < -0.4 is 26.6 Å². The van der Waals surface area contributed by atoms with E-state index in [0.717, 1.165) is 5.49 Å². The van der Waals surface area contributed by atoms with Crippen molar-refractivity contribution in [2.45, 2.75) is 59.0 Å². The van der Waals surface area contributed by atoms with Gasteiger partial charge in [0.15, 0.2) is 5.12 Å². The predicted molar refractivity (Wildman–Crippen MR) is 264 cm³/mol. The summed E-state index contributed by atoms with van der Waals surface area (Å²) in [6.07, 6.45) is 1.86. The van der Waals surface area contributed by atoms with Crippen molar-refractivity contribution in [2.75, 3.05) is 139 Å². The number of nitrogens with one attached hydrogen (secondary N) is 3. The van der Waals surface area contributed by atoms with E-state index in [1.165, 1.54) is 36.2 Å². The van der Waals surface area contributed by atoms with Gasteiger partial charge in [0, 0.05) is 50.6 Å². The Morgan fingerprint density at radius 2 is 1.02 bits per heavy atom. The maximum atomic E-state index is 12.3. The molecule has 18 nitrogen and oxygen atoms in total. The van der Waals surface area contributed by atoms with Crippen molar-refractivity contribution in [2.24, 2.45) is 5.11 Å². The van der Waals surface area contributed by atoms with Gasteiger partial charge in [0.1, 0.15) is 11.6 Å². The molecule has 3 N–H and O–H groups in total. The number of rotatable bonds is 38. The topological polar surface area (TPSA) is 227 Å². The van der Waals surface area contributed by atoms with Crippen molar-refractivity contribution in [3.63, 3.8) is 0 Å². The summed E-state index contributed by atoms with van der Waals surface area (Å²) in [6.45, 7) is 11.0. The molecule has 376 valence electrons. The molecule has 66 heavy (non-hydrogen) atoms. The third-order valence-corrected chi connectivity index (χ3v) is 12.7. The van der Waals surface area contributed by atoms with Crippen molar-refractivity contribution in [3.8, 4) is 0 Å². The molecule has 0 aliphatic heterocycles. The average molecular weight is 971 g/mol. The van der Waals surface area contributed by atoms with E-state index in [-0.39, 0.29) is 42.1 Å². The lowest BCUT2D eigenvalue weighted by Gasteiger charge is -2.17. The molecule has 0 aliphatic rings. The minimum atomic E-state index is -0.556. The van der Waals surface area contributed by atoms with Crippen LogP contribution in [0.1, 0.15) is 47.0 Å². The molecule has 2 aromatic rings. The van der Waals surface area contributed by atoms with Gasteiger partial charge in [0.25, 0.3) is 0 Å².